The Bertz CT molecular complexity index is 1080. The molecule has 8 heteroatoms. The van der Waals surface area contributed by atoms with Crippen LogP contribution in [0.2, 0.25) is 0 Å². The fraction of sp³-hybridized carbons (Fsp3) is 0.304. The second kappa shape index (κ2) is 10.1. The summed E-state index contributed by atoms with van der Waals surface area (Å²) in [7, 11) is 3.41. The number of methoxy groups -OCH3 is 1. The van der Waals surface area contributed by atoms with Gasteiger partial charge in [-0.05, 0) is 36.7 Å². The van der Waals surface area contributed by atoms with Crippen molar-refractivity contribution in [3.05, 3.63) is 53.2 Å². The Kier molecular flexibility index (Phi) is 7.28. The maximum absolute atomic E-state index is 12.2. The van der Waals surface area contributed by atoms with Gasteiger partial charge in [-0.15, -0.1) is 0 Å². The molecule has 8 nitrogen and oxygen atoms in total. The second-order valence-corrected chi connectivity index (χ2v) is 6.96. The summed E-state index contributed by atoms with van der Waals surface area (Å²) in [4.78, 5) is 16.6. The number of aliphatic hydroxyl groups is 1. The summed E-state index contributed by atoms with van der Waals surface area (Å²) >= 11 is 0. The first-order chi connectivity index (χ1) is 15.0. The van der Waals surface area contributed by atoms with Gasteiger partial charge in [-0.2, -0.15) is 0 Å². The third kappa shape index (κ3) is 4.70. The number of hydrogen-bond acceptors (Lipinski definition) is 7. The van der Waals surface area contributed by atoms with Gasteiger partial charge < -0.3 is 30.9 Å². The van der Waals surface area contributed by atoms with Crippen molar-refractivity contribution < 1.29 is 19.4 Å². The van der Waals surface area contributed by atoms with Gasteiger partial charge in [0.2, 0.25) is 0 Å². The third-order valence-electron chi connectivity index (χ3n) is 5.09. The zero-order valence-corrected chi connectivity index (χ0v) is 18.0. The number of ether oxygens (including phenoxy) is 2. The Morgan fingerprint density at radius 3 is 2.71 bits per heavy atom. The van der Waals surface area contributed by atoms with Crippen LogP contribution in [0, 0.1) is 0 Å². The van der Waals surface area contributed by atoms with Gasteiger partial charge in [-0.3, -0.25) is 9.78 Å². The number of nitrogens with zero attached hydrogens (tertiary/aromatic N) is 1. The Morgan fingerprint density at radius 1 is 1.26 bits per heavy atom. The third-order valence-corrected chi connectivity index (χ3v) is 5.09. The van der Waals surface area contributed by atoms with E-state index in [-0.39, 0.29) is 12.2 Å². The van der Waals surface area contributed by atoms with Crippen LogP contribution >= 0.6 is 0 Å². The zero-order chi connectivity index (χ0) is 22.4. The standard InChI is InChI=1S/C23H28N4O4/c1-4-15-14(13-28)6-5-7-18(15)27-22-16-10-21(31-9-8-25-2)20(30-3)11-19(16)26-12-17(22)23(24)29/h5-7,10-12,25,28H,4,8-9,13H2,1-3H3,(H2,24,29)(H,26,27). The van der Waals surface area contributed by atoms with Crippen molar-refractivity contribution in [2.75, 3.05) is 32.6 Å². The van der Waals surface area contributed by atoms with Crippen LogP contribution in [0.1, 0.15) is 28.4 Å². The number of likely N-dealkylation sites (N-methyl/N-ethyl adjacent to an activating group) is 1. The number of nitrogens with one attached hydrogen (secondary N) is 2. The number of benzene rings is 2. The molecular formula is C23H28N4O4. The lowest BCUT2D eigenvalue weighted by Gasteiger charge is -2.19. The van der Waals surface area contributed by atoms with E-state index in [1.54, 1.807) is 19.2 Å². The molecule has 0 saturated carbocycles. The summed E-state index contributed by atoms with van der Waals surface area (Å²) in [5.41, 5.74) is 9.65. The number of pyridine rings is 1. The fourth-order valence-corrected chi connectivity index (χ4v) is 3.51. The van der Waals surface area contributed by atoms with Gasteiger partial charge in [0, 0.05) is 29.9 Å². The minimum atomic E-state index is -0.596. The smallest absolute Gasteiger partial charge is 0.252 e. The Labute approximate surface area is 181 Å². The molecule has 2 aromatic carbocycles. The molecule has 5 N–H and O–H groups in total. The molecule has 0 aliphatic heterocycles. The maximum Gasteiger partial charge on any atom is 0.252 e. The first-order valence-electron chi connectivity index (χ1n) is 10.1. The van der Waals surface area contributed by atoms with Gasteiger partial charge in [0.25, 0.3) is 5.91 Å². The predicted octanol–water partition coefficient (Wildman–Crippen LogP) is 2.74. The van der Waals surface area contributed by atoms with E-state index in [9.17, 15) is 9.90 Å². The molecule has 3 aromatic rings. The van der Waals surface area contributed by atoms with Crippen LogP contribution in [0.5, 0.6) is 11.5 Å². The van der Waals surface area contributed by atoms with Gasteiger partial charge >= 0.3 is 0 Å². The SMILES string of the molecule is CCc1c(CO)cccc1Nc1c(C(N)=O)cnc2cc(OC)c(OCCNC)cc12. The van der Waals surface area contributed by atoms with Crippen LogP contribution in [-0.4, -0.2) is 43.3 Å². The number of amides is 1. The minimum Gasteiger partial charge on any atom is -0.493 e. The number of aliphatic hydroxyl groups excluding tert-OH is 1. The van der Waals surface area contributed by atoms with E-state index in [1.165, 1.54) is 6.20 Å². The molecule has 31 heavy (non-hydrogen) atoms. The Hall–Kier alpha value is -3.36. The largest absolute Gasteiger partial charge is 0.493 e. The highest BCUT2D eigenvalue weighted by atomic mass is 16.5. The van der Waals surface area contributed by atoms with Crippen LogP contribution in [0.15, 0.2) is 36.5 Å². The number of aromatic nitrogens is 1. The van der Waals surface area contributed by atoms with Gasteiger partial charge in [-0.1, -0.05) is 19.1 Å². The number of rotatable bonds is 10. The topological polar surface area (TPSA) is 119 Å². The van der Waals surface area contributed by atoms with Crippen molar-refractivity contribution in [1.29, 1.82) is 0 Å². The van der Waals surface area contributed by atoms with Crippen LogP contribution < -0.4 is 25.8 Å². The van der Waals surface area contributed by atoms with Gasteiger partial charge in [0.15, 0.2) is 11.5 Å². The summed E-state index contributed by atoms with van der Waals surface area (Å²) < 4.78 is 11.3. The number of fused-ring (bicyclic) bond motifs is 1. The highest BCUT2D eigenvalue weighted by Gasteiger charge is 2.18. The lowest BCUT2D eigenvalue weighted by atomic mass is 10.0. The van der Waals surface area contributed by atoms with Crippen molar-refractivity contribution in [2.45, 2.75) is 20.0 Å². The summed E-state index contributed by atoms with van der Waals surface area (Å²) in [6.07, 6.45) is 2.16. The number of anilines is 2. The van der Waals surface area contributed by atoms with Crippen LogP contribution in [0.4, 0.5) is 11.4 Å². The number of hydrogen-bond donors (Lipinski definition) is 4. The number of nitrogens with two attached hydrogens (primary N) is 1. The fourth-order valence-electron chi connectivity index (χ4n) is 3.51. The average molecular weight is 425 g/mol. The first-order valence-corrected chi connectivity index (χ1v) is 10.1. The van der Waals surface area contributed by atoms with E-state index in [0.717, 1.165) is 16.8 Å². The van der Waals surface area contributed by atoms with E-state index in [4.69, 9.17) is 15.2 Å². The van der Waals surface area contributed by atoms with E-state index < -0.39 is 5.91 Å². The highest BCUT2D eigenvalue weighted by molar-refractivity contribution is 6.08. The molecule has 0 saturated heterocycles. The van der Waals surface area contributed by atoms with Crippen LogP contribution in [0.3, 0.4) is 0 Å². The van der Waals surface area contributed by atoms with Gasteiger partial charge in [-0.25, -0.2) is 0 Å². The molecule has 0 bridgehead atoms. The molecule has 0 radical (unpaired) electrons. The normalized spacial score (nSPS) is 10.8. The van der Waals surface area contributed by atoms with Crippen molar-refractivity contribution in [1.82, 2.24) is 10.3 Å². The molecule has 0 unspecified atom stereocenters. The summed E-state index contributed by atoms with van der Waals surface area (Å²) in [5.74, 6) is 0.490. The predicted molar refractivity (Wildman–Crippen MR) is 121 cm³/mol. The van der Waals surface area contributed by atoms with Crippen molar-refractivity contribution in [2.24, 2.45) is 5.73 Å². The zero-order valence-electron chi connectivity index (χ0n) is 18.0. The first kappa shape index (κ1) is 22.3. The summed E-state index contributed by atoms with van der Waals surface area (Å²) in [5, 5.41) is 16.8. The molecule has 1 heterocycles. The quantitative estimate of drug-likeness (QED) is 0.370. The summed E-state index contributed by atoms with van der Waals surface area (Å²) in [6, 6.07) is 9.21. The summed E-state index contributed by atoms with van der Waals surface area (Å²) in [6.45, 7) is 3.05. The molecule has 0 atom stereocenters. The van der Waals surface area contributed by atoms with Crippen LogP contribution in [0.25, 0.3) is 10.9 Å². The average Bonchev–Trinajstić information content (AvgIpc) is 2.78. The lowest BCUT2D eigenvalue weighted by Crippen LogP contribution is -2.16. The van der Waals surface area contributed by atoms with E-state index in [1.807, 2.05) is 32.2 Å². The number of carbonyl (C=O) groups is 1. The molecule has 1 amide bonds. The molecule has 3 rings (SSSR count). The van der Waals surface area contributed by atoms with Crippen LogP contribution in [-0.2, 0) is 13.0 Å². The highest BCUT2D eigenvalue weighted by Crippen LogP contribution is 2.38. The minimum absolute atomic E-state index is 0.0703. The molecule has 0 fully saturated rings. The van der Waals surface area contributed by atoms with Gasteiger partial charge in [0.1, 0.15) is 6.61 Å². The molecule has 0 aliphatic rings. The van der Waals surface area contributed by atoms with E-state index >= 15 is 0 Å². The van der Waals surface area contributed by atoms with E-state index in [0.29, 0.717) is 47.7 Å². The monoisotopic (exact) mass is 424 g/mol. The van der Waals surface area contributed by atoms with Gasteiger partial charge in [0.05, 0.1) is 30.5 Å². The maximum atomic E-state index is 12.2. The molecular weight excluding hydrogens is 396 g/mol. The van der Waals surface area contributed by atoms with Crippen molar-refractivity contribution in [3.8, 4) is 11.5 Å². The van der Waals surface area contributed by atoms with Crippen molar-refractivity contribution in [3.63, 3.8) is 0 Å². The van der Waals surface area contributed by atoms with Crippen molar-refractivity contribution >= 4 is 28.2 Å². The number of carbonyl (C=O) groups excluding carboxylic acids is 1. The molecule has 1 aromatic heterocycles. The number of primary amides is 1. The molecule has 164 valence electrons. The Morgan fingerprint density at radius 2 is 2.06 bits per heavy atom. The molecule has 0 aliphatic carbocycles. The molecule has 0 spiro atoms. The van der Waals surface area contributed by atoms with E-state index in [2.05, 4.69) is 15.6 Å². The lowest BCUT2D eigenvalue weighted by molar-refractivity contribution is 0.100. The Balaban J connectivity index is 2.19. The second-order valence-electron chi connectivity index (χ2n) is 6.96.